The van der Waals surface area contributed by atoms with Crippen molar-refractivity contribution in [1.29, 1.82) is 0 Å². The number of rotatable bonds is 6. The topological polar surface area (TPSA) is 54.0 Å². The van der Waals surface area contributed by atoms with Crippen molar-refractivity contribution in [3.63, 3.8) is 0 Å². The third kappa shape index (κ3) is 5.62. The summed E-state index contributed by atoms with van der Waals surface area (Å²) in [7, 11) is 0. The zero-order valence-electron chi connectivity index (χ0n) is 14.3. The number of hydrogen-bond donors (Lipinski definition) is 2. The van der Waals surface area contributed by atoms with Crippen LogP contribution in [0.2, 0.25) is 5.02 Å². The van der Waals surface area contributed by atoms with Gasteiger partial charge < -0.3 is 10.6 Å². The smallest absolute Gasteiger partial charge is 0.370 e. The minimum atomic E-state index is -4.52. The lowest BCUT2D eigenvalue weighted by atomic mass is 10.1. The molecule has 4 nitrogen and oxygen atoms in total. The molecule has 8 heteroatoms. The highest BCUT2D eigenvalue weighted by Gasteiger charge is 2.31. The molecule has 26 heavy (non-hydrogen) atoms. The Hall–Kier alpha value is -2.28. The summed E-state index contributed by atoms with van der Waals surface area (Å²) in [5.41, 5.74) is -0.721. The van der Waals surface area contributed by atoms with Gasteiger partial charge in [-0.25, -0.2) is 4.98 Å². The van der Waals surface area contributed by atoms with Crippen LogP contribution in [0.1, 0.15) is 36.2 Å². The summed E-state index contributed by atoms with van der Waals surface area (Å²) in [6.45, 7) is 4.89. The molecule has 0 aliphatic heterocycles. The van der Waals surface area contributed by atoms with Crippen molar-refractivity contribution in [2.45, 2.75) is 26.4 Å². The zero-order valence-corrected chi connectivity index (χ0v) is 15.1. The van der Waals surface area contributed by atoms with Crippen LogP contribution in [-0.4, -0.2) is 17.4 Å². The fourth-order valence-electron chi connectivity index (χ4n) is 2.15. The Labute approximate surface area is 154 Å². The maximum Gasteiger partial charge on any atom is 0.416 e. The minimum absolute atomic E-state index is 0.0238. The first kappa shape index (κ1) is 20.0. The number of amides is 1. The lowest BCUT2D eigenvalue weighted by Crippen LogP contribution is -2.14. The van der Waals surface area contributed by atoms with Gasteiger partial charge in [0.25, 0.3) is 5.91 Å². The number of carbonyl (C=O) groups excluding carboxylic acids is 1. The lowest BCUT2D eigenvalue weighted by Gasteiger charge is -2.12. The number of nitrogens with zero attached hydrogens (tertiary/aromatic N) is 1. The van der Waals surface area contributed by atoms with Crippen LogP contribution in [0.25, 0.3) is 0 Å². The highest BCUT2D eigenvalue weighted by atomic mass is 35.5. The largest absolute Gasteiger partial charge is 0.416 e. The molecular formula is C18H19ClF3N3O. The molecule has 0 unspecified atom stereocenters. The molecule has 0 fully saturated rings. The van der Waals surface area contributed by atoms with E-state index in [0.29, 0.717) is 18.3 Å². The third-order valence-electron chi connectivity index (χ3n) is 3.59. The Morgan fingerprint density at radius 3 is 2.62 bits per heavy atom. The second-order valence-electron chi connectivity index (χ2n) is 6.19. The van der Waals surface area contributed by atoms with E-state index in [9.17, 15) is 18.0 Å². The molecule has 0 saturated carbocycles. The lowest BCUT2D eigenvalue weighted by molar-refractivity contribution is -0.137. The fourth-order valence-corrected chi connectivity index (χ4v) is 2.31. The summed E-state index contributed by atoms with van der Waals surface area (Å²) in [6.07, 6.45) is -2.12. The van der Waals surface area contributed by atoms with Gasteiger partial charge in [-0.2, -0.15) is 13.2 Å². The molecule has 1 aromatic heterocycles. The van der Waals surface area contributed by atoms with Crippen molar-refractivity contribution in [2.24, 2.45) is 5.92 Å². The Balaban J connectivity index is 2.13. The van der Waals surface area contributed by atoms with Crippen LogP contribution in [0.5, 0.6) is 0 Å². The highest BCUT2D eigenvalue weighted by Crippen LogP contribution is 2.34. The minimum Gasteiger partial charge on any atom is -0.370 e. The molecule has 0 aliphatic carbocycles. The molecule has 2 rings (SSSR count). The van der Waals surface area contributed by atoms with Crippen molar-refractivity contribution < 1.29 is 18.0 Å². The molecule has 0 aliphatic rings. The predicted molar refractivity (Wildman–Crippen MR) is 96.6 cm³/mol. The summed E-state index contributed by atoms with van der Waals surface area (Å²) in [5, 5.41) is 5.55. The van der Waals surface area contributed by atoms with Gasteiger partial charge in [0, 0.05) is 18.3 Å². The second kappa shape index (κ2) is 8.40. The van der Waals surface area contributed by atoms with Crippen molar-refractivity contribution in [1.82, 2.24) is 4.98 Å². The number of nitrogens with one attached hydrogen (secondary N) is 2. The number of pyridine rings is 1. The Bertz CT molecular complexity index is 779. The van der Waals surface area contributed by atoms with Crippen molar-refractivity contribution >= 4 is 29.0 Å². The van der Waals surface area contributed by atoms with Gasteiger partial charge in [-0.1, -0.05) is 25.4 Å². The molecule has 0 radical (unpaired) electrons. The van der Waals surface area contributed by atoms with E-state index < -0.39 is 17.6 Å². The Kier molecular flexibility index (Phi) is 6.47. The number of alkyl halides is 3. The SMILES string of the molecule is CC(C)CCNc1cc(C(=O)Nc2cc(C(F)(F)F)ccc2Cl)ccn1. The van der Waals surface area contributed by atoms with Gasteiger partial charge in [0.1, 0.15) is 5.82 Å². The molecule has 0 spiro atoms. The average Bonchev–Trinajstić information content (AvgIpc) is 2.55. The van der Waals surface area contributed by atoms with Crippen molar-refractivity contribution in [3.05, 3.63) is 52.7 Å². The van der Waals surface area contributed by atoms with Gasteiger partial charge in [-0.05, 0) is 42.7 Å². The molecule has 1 amide bonds. The maximum atomic E-state index is 12.8. The van der Waals surface area contributed by atoms with E-state index in [0.717, 1.165) is 24.6 Å². The number of carbonyl (C=O) groups is 1. The van der Waals surface area contributed by atoms with Crippen LogP contribution in [0.3, 0.4) is 0 Å². The summed E-state index contributed by atoms with van der Waals surface area (Å²) in [5.74, 6) is 0.478. The number of benzene rings is 1. The monoisotopic (exact) mass is 385 g/mol. The van der Waals surface area contributed by atoms with E-state index in [1.54, 1.807) is 0 Å². The zero-order chi connectivity index (χ0) is 19.3. The molecule has 2 N–H and O–H groups in total. The Morgan fingerprint density at radius 1 is 1.23 bits per heavy atom. The number of aromatic nitrogens is 1. The van der Waals surface area contributed by atoms with Crippen molar-refractivity contribution in [3.8, 4) is 0 Å². The molecule has 0 saturated heterocycles. The summed E-state index contributed by atoms with van der Waals surface area (Å²) >= 11 is 5.90. The first-order valence-corrected chi connectivity index (χ1v) is 8.42. The van der Waals surface area contributed by atoms with Gasteiger partial charge in [-0.3, -0.25) is 4.79 Å². The standard InChI is InChI=1S/C18H19ClF3N3O/c1-11(2)5-7-23-16-9-12(6-8-24-16)17(26)25-15-10-13(18(20,21)22)3-4-14(15)19/h3-4,6,8-11H,5,7H2,1-2H3,(H,23,24)(H,25,26). The van der Waals surface area contributed by atoms with E-state index in [4.69, 9.17) is 11.6 Å². The molecule has 0 atom stereocenters. The van der Waals surface area contributed by atoms with Crippen LogP contribution < -0.4 is 10.6 Å². The molecule has 140 valence electrons. The van der Waals surface area contributed by atoms with Crippen LogP contribution in [0, 0.1) is 5.92 Å². The first-order chi connectivity index (χ1) is 12.2. The van der Waals surface area contributed by atoms with E-state index in [2.05, 4.69) is 29.5 Å². The maximum absolute atomic E-state index is 12.8. The first-order valence-electron chi connectivity index (χ1n) is 8.05. The van der Waals surface area contributed by atoms with Crippen LogP contribution >= 0.6 is 11.6 Å². The van der Waals surface area contributed by atoms with Crippen LogP contribution in [0.4, 0.5) is 24.7 Å². The number of halogens is 4. The normalized spacial score (nSPS) is 11.5. The fraction of sp³-hybridized carbons (Fsp3) is 0.333. The van der Waals surface area contributed by atoms with Crippen molar-refractivity contribution in [2.75, 3.05) is 17.2 Å². The van der Waals surface area contributed by atoms with E-state index >= 15 is 0 Å². The summed E-state index contributed by atoms with van der Waals surface area (Å²) < 4.78 is 38.4. The molecule has 2 aromatic rings. The number of hydrogen-bond acceptors (Lipinski definition) is 3. The second-order valence-corrected chi connectivity index (χ2v) is 6.59. The molecular weight excluding hydrogens is 367 g/mol. The van der Waals surface area contributed by atoms with E-state index in [-0.39, 0.29) is 16.3 Å². The average molecular weight is 386 g/mol. The molecule has 1 aromatic carbocycles. The quantitative estimate of drug-likeness (QED) is 0.693. The molecule has 1 heterocycles. The van der Waals surface area contributed by atoms with Crippen LogP contribution in [0.15, 0.2) is 36.5 Å². The summed E-state index contributed by atoms with van der Waals surface area (Å²) in [6, 6.07) is 5.79. The third-order valence-corrected chi connectivity index (χ3v) is 3.92. The van der Waals surface area contributed by atoms with Crippen LogP contribution in [-0.2, 0) is 6.18 Å². The number of anilines is 2. The van der Waals surface area contributed by atoms with Gasteiger partial charge in [0.05, 0.1) is 16.3 Å². The van der Waals surface area contributed by atoms with Gasteiger partial charge >= 0.3 is 6.18 Å². The van der Waals surface area contributed by atoms with E-state index in [1.165, 1.54) is 18.3 Å². The van der Waals surface area contributed by atoms with Gasteiger partial charge in [0.15, 0.2) is 0 Å². The Morgan fingerprint density at radius 2 is 1.96 bits per heavy atom. The molecule has 0 bridgehead atoms. The van der Waals surface area contributed by atoms with Gasteiger partial charge in [0.2, 0.25) is 0 Å². The van der Waals surface area contributed by atoms with Gasteiger partial charge in [-0.15, -0.1) is 0 Å². The summed E-state index contributed by atoms with van der Waals surface area (Å²) in [4.78, 5) is 16.5. The van der Waals surface area contributed by atoms with E-state index in [1.807, 2.05) is 0 Å². The predicted octanol–water partition coefficient (Wildman–Crippen LogP) is 5.46. The highest BCUT2D eigenvalue weighted by molar-refractivity contribution is 6.34.